The van der Waals surface area contributed by atoms with Gasteiger partial charge < -0.3 is 5.32 Å². The van der Waals surface area contributed by atoms with E-state index in [9.17, 15) is 4.79 Å². The lowest BCUT2D eigenvalue weighted by molar-refractivity contribution is -0.124. The third-order valence-electron chi connectivity index (χ3n) is 3.93. The molecule has 0 spiro atoms. The number of nitrogens with one attached hydrogen (secondary N) is 1. The molecule has 21 heavy (non-hydrogen) atoms. The first-order valence-corrected chi connectivity index (χ1v) is 7.95. The van der Waals surface area contributed by atoms with Crippen molar-refractivity contribution in [3.05, 3.63) is 63.9 Å². The van der Waals surface area contributed by atoms with Gasteiger partial charge in [-0.15, -0.1) is 0 Å². The first-order valence-electron chi connectivity index (χ1n) is 7.16. The van der Waals surface area contributed by atoms with Gasteiger partial charge in [0, 0.05) is 29.3 Å². The average Bonchev–Trinajstić information content (AvgIpc) is 2.91. The van der Waals surface area contributed by atoms with E-state index in [-0.39, 0.29) is 11.8 Å². The molecule has 1 aliphatic carbocycles. The molecule has 1 N–H and O–H groups in total. The maximum absolute atomic E-state index is 12.3. The van der Waals surface area contributed by atoms with Gasteiger partial charge in [0.05, 0.1) is 0 Å². The summed E-state index contributed by atoms with van der Waals surface area (Å²) in [6, 6.07) is 10.2. The van der Waals surface area contributed by atoms with E-state index in [2.05, 4.69) is 38.4 Å². The van der Waals surface area contributed by atoms with E-state index in [1.807, 2.05) is 18.2 Å². The van der Waals surface area contributed by atoms with Gasteiger partial charge in [0.15, 0.2) is 0 Å². The molecule has 1 aliphatic rings. The van der Waals surface area contributed by atoms with Crippen LogP contribution < -0.4 is 5.32 Å². The SMILES string of the molecule is O=C(NCCc1ccncc1)C1Cc2ccc(Br)cc2C1. The summed E-state index contributed by atoms with van der Waals surface area (Å²) in [5.74, 6) is 0.239. The number of carbonyl (C=O) groups excluding carboxylic acids is 1. The molecule has 108 valence electrons. The quantitative estimate of drug-likeness (QED) is 0.926. The van der Waals surface area contributed by atoms with Crippen LogP contribution in [0.2, 0.25) is 0 Å². The van der Waals surface area contributed by atoms with Gasteiger partial charge in [-0.25, -0.2) is 0 Å². The number of nitrogens with zero attached hydrogens (tertiary/aromatic N) is 1. The maximum Gasteiger partial charge on any atom is 0.223 e. The number of amides is 1. The van der Waals surface area contributed by atoms with E-state index in [1.165, 1.54) is 16.7 Å². The van der Waals surface area contributed by atoms with Crippen molar-refractivity contribution in [2.24, 2.45) is 5.92 Å². The molecule has 0 radical (unpaired) electrons. The van der Waals surface area contributed by atoms with Gasteiger partial charge in [0.2, 0.25) is 5.91 Å². The molecule has 1 aromatic heterocycles. The molecule has 0 aliphatic heterocycles. The Hall–Kier alpha value is -1.68. The molecule has 4 heteroatoms. The number of fused-ring (bicyclic) bond motifs is 1. The summed E-state index contributed by atoms with van der Waals surface area (Å²) in [6.45, 7) is 0.680. The Morgan fingerprint density at radius 2 is 1.95 bits per heavy atom. The zero-order valence-electron chi connectivity index (χ0n) is 11.7. The van der Waals surface area contributed by atoms with E-state index in [1.54, 1.807) is 12.4 Å². The molecule has 0 fully saturated rings. The zero-order valence-corrected chi connectivity index (χ0v) is 13.3. The lowest BCUT2D eigenvalue weighted by Crippen LogP contribution is -2.32. The lowest BCUT2D eigenvalue weighted by Gasteiger charge is -2.10. The molecular weight excluding hydrogens is 328 g/mol. The standard InChI is InChI=1S/C17H17BrN2O/c18-16-2-1-13-9-15(10-14(13)11-16)17(21)20-8-5-12-3-6-19-7-4-12/h1-4,6-7,11,15H,5,8-10H2,(H,20,21). The second-order valence-electron chi connectivity index (χ2n) is 5.41. The topological polar surface area (TPSA) is 42.0 Å². The third kappa shape index (κ3) is 3.50. The second-order valence-corrected chi connectivity index (χ2v) is 6.33. The minimum Gasteiger partial charge on any atom is -0.356 e. The highest BCUT2D eigenvalue weighted by Gasteiger charge is 2.27. The molecule has 3 nitrogen and oxygen atoms in total. The average molecular weight is 345 g/mol. The van der Waals surface area contributed by atoms with Gasteiger partial charge >= 0.3 is 0 Å². The fourth-order valence-electron chi connectivity index (χ4n) is 2.80. The molecule has 1 heterocycles. The Morgan fingerprint density at radius 3 is 2.76 bits per heavy atom. The van der Waals surface area contributed by atoms with Crippen molar-refractivity contribution in [3.63, 3.8) is 0 Å². The van der Waals surface area contributed by atoms with E-state index >= 15 is 0 Å². The third-order valence-corrected chi connectivity index (χ3v) is 4.43. The number of rotatable bonds is 4. The molecule has 0 bridgehead atoms. The summed E-state index contributed by atoms with van der Waals surface area (Å²) in [4.78, 5) is 16.2. The predicted octanol–water partition coefficient (Wildman–Crippen LogP) is 2.92. The molecule has 0 saturated heterocycles. The van der Waals surface area contributed by atoms with Crippen LogP contribution in [-0.2, 0) is 24.1 Å². The number of aromatic nitrogens is 1. The normalized spacial score (nSPS) is 16.5. The molecule has 3 rings (SSSR count). The van der Waals surface area contributed by atoms with Crippen LogP contribution in [0.5, 0.6) is 0 Å². The van der Waals surface area contributed by atoms with Gasteiger partial charge in [0.1, 0.15) is 0 Å². The van der Waals surface area contributed by atoms with E-state index in [0.717, 1.165) is 23.7 Å². The minimum atomic E-state index is 0.0757. The van der Waals surface area contributed by atoms with Crippen molar-refractivity contribution in [2.75, 3.05) is 6.54 Å². The van der Waals surface area contributed by atoms with Gasteiger partial charge in [-0.2, -0.15) is 0 Å². The largest absolute Gasteiger partial charge is 0.356 e. The van der Waals surface area contributed by atoms with Crippen LogP contribution in [0.25, 0.3) is 0 Å². The highest BCUT2D eigenvalue weighted by molar-refractivity contribution is 9.10. The summed E-state index contributed by atoms with van der Waals surface area (Å²) in [5, 5.41) is 3.05. The Kier molecular flexibility index (Phi) is 4.34. The lowest BCUT2D eigenvalue weighted by atomic mass is 10.1. The van der Waals surface area contributed by atoms with Crippen LogP contribution in [0, 0.1) is 5.92 Å². The number of benzene rings is 1. The first kappa shape index (κ1) is 14.3. The number of hydrogen-bond acceptors (Lipinski definition) is 2. The number of carbonyl (C=O) groups is 1. The van der Waals surface area contributed by atoms with Crippen molar-refractivity contribution in [2.45, 2.75) is 19.3 Å². The van der Waals surface area contributed by atoms with E-state index < -0.39 is 0 Å². The van der Waals surface area contributed by atoms with Crippen LogP contribution >= 0.6 is 15.9 Å². The molecule has 1 aromatic carbocycles. The fourth-order valence-corrected chi connectivity index (χ4v) is 3.20. The van der Waals surface area contributed by atoms with Crippen LogP contribution in [0.15, 0.2) is 47.2 Å². The van der Waals surface area contributed by atoms with Crippen LogP contribution in [-0.4, -0.2) is 17.4 Å². The highest BCUT2D eigenvalue weighted by Crippen LogP contribution is 2.29. The molecule has 0 saturated carbocycles. The molecule has 1 amide bonds. The van der Waals surface area contributed by atoms with Crippen molar-refractivity contribution >= 4 is 21.8 Å². The Morgan fingerprint density at radius 1 is 1.19 bits per heavy atom. The highest BCUT2D eigenvalue weighted by atomic mass is 79.9. The monoisotopic (exact) mass is 344 g/mol. The van der Waals surface area contributed by atoms with Crippen molar-refractivity contribution in [3.8, 4) is 0 Å². The number of pyridine rings is 1. The Labute approximate surface area is 132 Å². The zero-order chi connectivity index (χ0) is 14.7. The van der Waals surface area contributed by atoms with E-state index in [0.29, 0.717) is 6.54 Å². The Balaban J connectivity index is 1.51. The molecule has 1 unspecified atom stereocenters. The maximum atomic E-state index is 12.3. The molecule has 1 atom stereocenters. The summed E-state index contributed by atoms with van der Waals surface area (Å²) >= 11 is 3.48. The molecule has 2 aromatic rings. The van der Waals surface area contributed by atoms with Gasteiger partial charge in [0.25, 0.3) is 0 Å². The van der Waals surface area contributed by atoms with Gasteiger partial charge in [-0.3, -0.25) is 9.78 Å². The minimum absolute atomic E-state index is 0.0757. The summed E-state index contributed by atoms with van der Waals surface area (Å²) in [7, 11) is 0. The van der Waals surface area contributed by atoms with Gasteiger partial charge in [-0.05, 0) is 60.2 Å². The summed E-state index contributed by atoms with van der Waals surface area (Å²) in [6.07, 6.45) is 6.10. The van der Waals surface area contributed by atoms with Gasteiger partial charge in [-0.1, -0.05) is 22.0 Å². The van der Waals surface area contributed by atoms with E-state index in [4.69, 9.17) is 0 Å². The fraction of sp³-hybridized carbons (Fsp3) is 0.294. The number of halogens is 1. The van der Waals surface area contributed by atoms with Crippen molar-refractivity contribution in [1.29, 1.82) is 0 Å². The van der Waals surface area contributed by atoms with Crippen LogP contribution in [0.4, 0.5) is 0 Å². The van der Waals surface area contributed by atoms with Crippen molar-refractivity contribution < 1.29 is 4.79 Å². The van der Waals surface area contributed by atoms with Crippen molar-refractivity contribution in [1.82, 2.24) is 10.3 Å². The summed E-state index contributed by atoms with van der Waals surface area (Å²) < 4.78 is 1.08. The Bertz CT molecular complexity index is 642. The smallest absolute Gasteiger partial charge is 0.223 e. The first-order chi connectivity index (χ1) is 10.2. The predicted molar refractivity (Wildman–Crippen MR) is 86.0 cm³/mol. The second kappa shape index (κ2) is 6.39. The van der Waals surface area contributed by atoms with Crippen LogP contribution in [0.1, 0.15) is 16.7 Å². The molecular formula is C17H17BrN2O. The van der Waals surface area contributed by atoms with Crippen LogP contribution in [0.3, 0.4) is 0 Å². The number of hydrogen-bond donors (Lipinski definition) is 1. The summed E-state index contributed by atoms with van der Waals surface area (Å²) in [5.41, 5.74) is 3.79.